The van der Waals surface area contributed by atoms with Crippen molar-refractivity contribution in [3.05, 3.63) is 70.6 Å². The number of alkyl halides is 3. The SMILES string of the molecule is O=C(NCC=NOCc1ccccc1Cl)c1ccc(-c2noc(C(F)(F)F)n2)cc1. The molecule has 1 N–H and O–H groups in total. The lowest BCUT2D eigenvalue weighted by Gasteiger charge is -2.03. The van der Waals surface area contributed by atoms with Crippen LogP contribution in [0.5, 0.6) is 0 Å². The molecule has 11 heteroatoms. The highest BCUT2D eigenvalue weighted by Gasteiger charge is 2.38. The molecule has 1 heterocycles. The number of hydrogen-bond donors (Lipinski definition) is 1. The van der Waals surface area contributed by atoms with Gasteiger partial charge in [0, 0.05) is 21.7 Å². The molecular weight excluding hydrogens is 425 g/mol. The molecule has 30 heavy (non-hydrogen) atoms. The van der Waals surface area contributed by atoms with E-state index < -0.39 is 18.0 Å². The van der Waals surface area contributed by atoms with Crippen molar-refractivity contribution >= 4 is 23.7 Å². The summed E-state index contributed by atoms with van der Waals surface area (Å²) in [6.45, 7) is 0.306. The molecule has 0 fully saturated rings. The average Bonchev–Trinajstić information content (AvgIpc) is 3.22. The van der Waals surface area contributed by atoms with Crippen LogP contribution in [0.3, 0.4) is 0 Å². The van der Waals surface area contributed by atoms with Gasteiger partial charge in [-0.2, -0.15) is 18.2 Å². The largest absolute Gasteiger partial charge is 0.471 e. The Morgan fingerprint density at radius 1 is 1.20 bits per heavy atom. The number of benzene rings is 2. The summed E-state index contributed by atoms with van der Waals surface area (Å²) in [5.41, 5.74) is 1.36. The van der Waals surface area contributed by atoms with Crippen LogP contribution in [0.1, 0.15) is 21.8 Å². The molecule has 2 aromatic carbocycles. The first-order valence-electron chi connectivity index (χ1n) is 8.51. The lowest BCUT2D eigenvalue weighted by atomic mass is 10.1. The van der Waals surface area contributed by atoms with Crippen molar-refractivity contribution in [3.63, 3.8) is 0 Å². The molecular formula is C19H14ClF3N4O3. The highest BCUT2D eigenvalue weighted by Crippen LogP contribution is 2.29. The molecule has 1 amide bonds. The number of nitrogens with zero attached hydrogens (tertiary/aromatic N) is 3. The zero-order valence-corrected chi connectivity index (χ0v) is 15.9. The van der Waals surface area contributed by atoms with Gasteiger partial charge in [-0.1, -0.05) is 52.2 Å². The van der Waals surface area contributed by atoms with E-state index in [2.05, 4.69) is 25.1 Å². The molecule has 0 spiro atoms. The smallest absolute Gasteiger partial charge is 0.391 e. The fourth-order valence-corrected chi connectivity index (χ4v) is 2.47. The Hall–Kier alpha value is -3.40. The molecule has 0 unspecified atom stereocenters. The molecule has 7 nitrogen and oxygen atoms in total. The molecule has 3 aromatic rings. The second-order valence-electron chi connectivity index (χ2n) is 5.86. The van der Waals surface area contributed by atoms with Crippen molar-refractivity contribution in [1.82, 2.24) is 15.5 Å². The molecule has 0 aliphatic carbocycles. The van der Waals surface area contributed by atoms with Gasteiger partial charge in [-0.25, -0.2) is 0 Å². The number of rotatable bonds is 7. The summed E-state index contributed by atoms with van der Waals surface area (Å²) in [4.78, 5) is 20.5. The fraction of sp³-hybridized carbons (Fsp3) is 0.158. The van der Waals surface area contributed by atoms with Crippen LogP contribution in [0, 0.1) is 0 Å². The zero-order valence-electron chi connectivity index (χ0n) is 15.2. The molecule has 156 valence electrons. The molecule has 0 atom stereocenters. The molecule has 0 radical (unpaired) electrons. The molecule has 0 aliphatic heterocycles. The second kappa shape index (κ2) is 9.40. The summed E-state index contributed by atoms with van der Waals surface area (Å²) < 4.78 is 41.7. The predicted octanol–water partition coefficient (Wildman–Crippen LogP) is 4.34. The monoisotopic (exact) mass is 438 g/mol. The van der Waals surface area contributed by atoms with Crippen molar-refractivity contribution in [1.29, 1.82) is 0 Å². The Balaban J connectivity index is 1.48. The van der Waals surface area contributed by atoms with Crippen LogP contribution < -0.4 is 5.32 Å². The third-order valence-corrected chi connectivity index (χ3v) is 4.12. The van der Waals surface area contributed by atoms with Crippen molar-refractivity contribution in [2.24, 2.45) is 5.16 Å². The van der Waals surface area contributed by atoms with E-state index in [1.807, 2.05) is 12.1 Å². The molecule has 3 rings (SSSR count). The topological polar surface area (TPSA) is 89.6 Å². The number of carbonyl (C=O) groups is 1. The van der Waals surface area contributed by atoms with E-state index in [0.717, 1.165) is 5.56 Å². The van der Waals surface area contributed by atoms with Crippen LogP contribution >= 0.6 is 11.6 Å². The summed E-state index contributed by atoms with van der Waals surface area (Å²) in [6.07, 6.45) is -3.34. The maximum absolute atomic E-state index is 12.5. The number of hydrogen-bond acceptors (Lipinski definition) is 6. The zero-order chi connectivity index (χ0) is 21.6. The molecule has 0 bridgehead atoms. The normalized spacial score (nSPS) is 11.6. The van der Waals surface area contributed by atoms with Crippen molar-refractivity contribution in [2.45, 2.75) is 12.8 Å². The van der Waals surface area contributed by atoms with Crippen LogP contribution in [0.4, 0.5) is 13.2 Å². The summed E-state index contributed by atoms with van der Waals surface area (Å²) >= 11 is 5.99. The minimum atomic E-state index is -4.72. The van der Waals surface area contributed by atoms with Crippen molar-refractivity contribution in [2.75, 3.05) is 6.54 Å². The maximum Gasteiger partial charge on any atom is 0.471 e. The van der Waals surface area contributed by atoms with Gasteiger partial charge in [0.2, 0.25) is 5.82 Å². The van der Waals surface area contributed by atoms with E-state index in [9.17, 15) is 18.0 Å². The average molecular weight is 439 g/mol. The van der Waals surface area contributed by atoms with Crippen molar-refractivity contribution in [3.8, 4) is 11.4 Å². The molecule has 0 aliphatic rings. The van der Waals surface area contributed by atoms with Gasteiger partial charge < -0.3 is 14.7 Å². The highest BCUT2D eigenvalue weighted by molar-refractivity contribution is 6.31. The number of halogens is 4. The van der Waals surface area contributed by atoms with E-state index in [0.29, 0.717) is 10.6 Å². The number of amides is 1. The minimum Gasteiger partial charge on any atom is -0.391 e. The van der Waals surface area contributed by atoms with Gasteiger partial charge in [0.15, 0.2) is 0 Å². The van der Waals surface area contributed by atoms with Gasteiger partial charge in [0.1, 0.15) is 6.61 Å². The van der Waals surface area contributed by atoms with E-state index in [1.165, 1.54) is 30.5 Å². The van der Waals surface area contributed by atoms with Gasteiger partial charge >= 0.3 is 12.1 Å². The standard InChI is InChI=1S/C19H14ClF3N4O3/c20-15-4-2-1-3-14(15)11-29-25-10-9-24-17(28)13-7-5-12(6-8-13)16-26-18(30-27-16)19(21,22)23/h1-8,10H,9,11H2,(H,24,28). The quantitative estimate of drug-likeness (QED) is 0.438. The van der Waals surface area contributed by atoms with Gasteiger partial charge in [-0.3, -0.25) is 4.79 Å². The summed E-state index contributed by atoms with van der Waals surface area (Å²) in [5.74, 6) is -2.06. The lowest BCUT2D eigenvalue weighted by Crippen LogP contribution is -2.25. The third kappa shape index (κ3) is 5.57. The highest BCUT2D eigenvalue weighted by atomic mass is 35.5. The Morgan fingerprint density at radius 3 is 2.60 bits per heavy atom. The first kappa shape index (κ1) is 21.3. The fourth-order valence-electron chi connectivity index (χ4n) is 2.28. The summed E-state index contributed by atoms with van der Waals surface area (Å²) in [7, 11) is 0. The molecule has 0 saturated carbocycles. The van der Waals surface area contributed by atoms with E-state index in [1.54, 1.807) is 12.1 Å². The number of aromatic nitrogens is 2. The van der Waals surface area contributed by atoms with Gasteiger partial charge in [0.25, 0.3) is 5.91 Å². The Kier molecular flexibility index (Phi) is 6.68. The van der Waals surface area contributed by atoms with Crippen LogP contribution in [-0.2, 0) is 17.6 Å². The van der Waals surface area contributed by atoms with Crippen LogP contribution in [0.2, 0.25) is 5.02 Å². The molecule has 1 aromatic heterocycles. The predicted molar refractivity (Wildman–Crippen MR) is 102 cm³/mol. The van der Waals surface area contributed by atoms with Gasteiger partial charge in [-0.15, -0.1) is 0 Å². The lowest BCUT2D eigenvalue weighted by molar-refractivity contribution is -0.159. The minimum absolute atomic E-state index is 0.114. The van der Waals surface area contributed by atoms with Crippen molar-refractivity contribution < 1.29 is 27.3 Å². The van der Waals surface area contributed by atoms with Crippen LogP contribution in [0.15, 0.2) is 58.2 Å². The van der Waals surface area contributed by atoms with E-state index in [-0.39, 0.29) is 24.5 Å². The maximum atomic E-state index is 12.5. The molecule has 0 saturated heterocycles. The Bertz CT molecular complexity index is 1040. The van der Waals surface area contributed by atoms with E-state index in [4.69, 9.17) is 16.4 Å². The van der Waals surface area contributed by atoms with Crippen LogP contribution in [-0.4, -0.2) is 28.8 Å². The summed E-state index contributed by atoms with van der Waals surface area (Å²) in [5, 5.41) is 10.2. The first-order chi connectivity index (χ1) is 14.3. The first-order valence-corrected chi connectivity index (χ1v) is 8.89. The summed E-state index contributed by atoms with van der Waals surface area (Å²) in [6, 6.07) is 12.9. The number of nitrogens with one attached hydrogen (secondary N) is 1. The third-order valence-electron chi connectivity index (χ3n) is 3.75. The Morgan fingerprint density at radius 2 is 1.93 bits per heavy atom. The van der Waals surface area contributed by atoms with E-state index >= 15 is 0 Å². The second-order valence-corrected chi connectivity index (χ2v) is 6.27. The number of oxime groups is 1. The van der Waals surface area contributed by atoms with Crippen LogP contribution in [0.25, 0.3) is 11.4 Å². The Labute approximate surface area is 173 Å². The number of carbonyl (C=O) groups excluding carboxylic acids is 1. The van der Waals surface area contributed by atoms with Gasteiger partial charge in [0.05, 0.1) is 12.8 Å². The van der Waals surface area contributed by atoms with Gasteiger partial charge in [-0.05, 0) is 18.2 Å².